The molecule has 3 aromatic rings. The highest BCUT2D eigenvalue weighted by atomic mass is 35.5. The highest BCUT2D eigenvalue weighted by molar-refractivity contribution is 6.32. The van der Waals surface area contributed by atoms with E-state index in [1.165, 1.54) is 24.3 Å². The van der Waals surface area contributed by atoms with E-state index in [1.807, 2.05) is 0 Å². The molecule has 0 fully saturated rings. The minimum Gasteiger partial charge on any atom is -0.453 e. The molecular formula is C17H12ClFN4O3. The molecule has 0 unspecified atom stereocenters. The van der Waals surface area contributed by atoms with Crippen LogP contribution in [0.2, 0.25) is 5.02 Å². The Morgan fingerprint density at radius 1 is 1.15 bits per heavy atom. The van der Waals surface area contributed by atoms with Gasteiger partial charge in [-0.2, -0.15) is 0 Å². The van der Waals surface area contributed by atoms with E-state index in [9.17, 15) is 14.5 Å². The first kappa shape index (κ1) is 17.6. The van der Waals surface area contributed by atoms with Crippen molar-refractivity contribution in [2.75, 3.05) is 5.32 Å². The summed E-state index contributed by atoms with van der Waals surface area (Å²) in [6.45, 7) is 0.333. The number of nitro groups is 1. The average Bonchev–Trinajstić information content (AvgIpc) is 2.64. The molecule has 1 heterocycles. The van der Waals surface area contributed by atoms with Gasteiger partial charge >= 0.3 is 0 Å². The average molecular weight is 375 g/mol. The van der Waals surface area contributed by atoms with E-state index in [1.54, 1.807) is 24.5 Å². The maximum atomic E-state index is 14.3. The summed E-state index contributed by atoms with van der Waals surface area (Å²) in [6.07, 6.45) is 3.20. The lowest BCUT2D eigenvalue weighted by Gasteiger charge is -2.10. The van der Waals surface area contributed by atoms with Crippen LogP contribution in [0.25, 0.3) is 0 Å². The number of hydrogen-bond acceptors (Lipinski definition) is 6. The largest absolute Gasteiger partial charge is 0.453 e. The maximum Gasteiger partial charge on any atom is 0.271 e. The Hall–Kier alpha value is -3.26. The molecule has 0 aliphatic carbocycles. The summed E-state index contributed by atoms with van der Waals surface area (Å²) in [4.78, 5) is 18.2. The summed E-state index contributed by atoms with van der Waals surface area (Å²) in [5.74, 6) is -0.0706. The first-order chi connectivity index (χ1) is 12.5. The highest BCUT2D eigenvalue weighted by Gasteiger charge is 2.13. The van der Waals surface area contributed by atoms with Crippen LogP contribution < -0.4 is 10.1 Å². The number of non-ortho nitro benzene ring substituents is 1. The monoisotopic (exact) mass is 374 g/mol. The van der Waals surface area contributed by atoms with Crippen LogP contribution in [-0.2, 0) is 6.54 Å². The zero-order valence-electron chi connectivity index (χ0n) is 13.2. The van der Waals surface area contributed by atoms with Crippen LogP contribution in [0, 0.1) is 15.9 Å². The lowest BCUT2D eigenvalue weighted by molar-refractivity contribution is -0.384. The molecule has 2 aromatic carbocycles. The number of anilines is 1. The normalized spacial score (nSPS) is 10.4. The third-order valence-electron chi connectivity index (χ3n) is 3.36. The Morgan fingerprint density at radius 2 is 1.88 bits per heavy atom. The summed E-state index contributed by atoms with van der Waals surface area (Å²) in [5, 5.41) is 13.7. The molecule has 0 bridgehead atoms. The predicted molar refractivity (Wildman–Crippen MR) is 93.9 cm³/mol. The van der Waals surface area contributed by atoms with Gasteiger partial charge in [-0.15, -0.1) is 0 Å². The summed E-state index contributed by atoms with van der Waals surface area (Å²) in [5.41, 5.74) is 0.490. The van der Waals surface area contributed by atoms with Gasteiger partial charge in [-0.3, -0.25) is 10.1 Å². The van der Waals surface area contributed by atoms with Crippen molar-refractivity contribution in [3.8, 4) is 11.5 Å². The number of aromatic nitrogens is 2. The van der Waals surface area contributed by atoms with E-state index in [2.05, 4.69) is 15.3 Å². The van der Waals surface area contributed by atoms with Crippen LogP contribution in [0.5, 0.6) is 11.5 Å². The van der Waals surface area contributed by atoms with Crippen LogP contribution in [0.15, 0.2) is 54.9 Å². The van der Waals surface area contributed by atoms with Crippen molar-refractivity contribution in [2.45, 2.75) is 6.54 Å². The Bertz CT molecular complexity index is 941. The van der Waals surface area contributed by atoms with Gasteiger partial charge in [0.2, 0.25) is 5.95 Å². The Morgan fingerprint density at radius 3 is 2.54 bits per heavy atom. The van der Waals surface area contributed by atoms with Crippen LogP contribution in [0.4, 0.5) is 16.0 Å². The van der Waals surface area contributed by atoms with E-state index in [-0.39, 0.29) is 22.2 Å². The number of benzene rings is 2. The number of rotatable bonds is 6. The van der Waals surface area contributed by atoms with Gasteiger partial charge in [-0.25, -0.2) is 14.4 Å². The standard InChI is InChI=1S/C17H12ClFN4O3/c18-13-9-12(23(24)25)3-5-15(13)26-16-4-2-11(8-14(16)19)10-22-17-20-6-1-7-21-17/h1-9H,10H2,(H,20,21,22). The number of nitrogens with zero attached hydrogens (tertiary/aromatic N) is 3. The maximum absolute atomic E-state index is 14.3. The molecule has 0 spiro atoms. The summed E-state index contributed by atoms with van der Waals surface area (Å²) in [6, 6.07) is 9.83. The topological polar surface area (TPSA) is 90.2 Å². The van der Waals surface area contributed by atoms with Crippen molar-refractivity contribution in [3.05, 3.63) is 81.4 Å². The van der Waals surface area contributed by atoms with Crippen LogP contribution >= 0.6 is 11.6 Å². The van der Waals surface area contributed by atoms with Crippen molar-refractivity contribution in [2.24, 2.45) is 0 Å². The van der Waals surface area contributed by atoms with Gasteiger partial charge in [0.15, 0.2) is 11.6 Å². The van der Waals surface area contributed by atoms with Crippen molar-refractivity contribution < 1.29 is 14.1 Å². The van der Waals surface area contributed by atoms with Crippen LogP contribution in [0.3, 0.4) is 0 Å². The van der Waals surface area contributed by atoms with E-state index in [4.69, 9.17) is 16.3 Å². The summed E-state index contributed by atoms with van der Waals surface area (Å²) in [7, 11) is 0. The van der Waals surface area contributed by atoms with Gasteiger partial charge in [-0.05, 0) is 29.8 Å². The molecule has 0 radical (unpaired) electrons. The third-order valence-corrected chi connectivity index (χ3v) is 3.65. The Balaban J connectivity index is 1.71. The lowest BCUT2D eigenvalue weighted by Crippen LogP contribution is -2.03. The zero-order chi connectivity index (χ0) is 18.5. The second-order valence-electron chi connectivity index (χ2n) is 5.16. The molecule has 132 valence electrons. The van der Waals surface area contributed by atoms with Gasteiger partial charge in [0, 0.05) is 31.1 Å². The molecule has 0 amide bonds. The summed E-state index contributed by atoms with van der Waals surface area (Å²) < 4.78 is 19.7. The van der Waals surface area contributed by atoms with Crippen LogP contribution in [0.1, 0.15) is 5.56 Å². The molecule has 9 heteroatoms. The molecule has 1 aromatic heterocycles. The van der Waals surface area contributed by atoms with E-state index >= 15 is 0 Å². The second-order valence-corrected chi connectivity index (χ2v) is 5.57. The summed E-state index contributed by atoms with van der Waals surface area (Å²) >= 11 is 5.95. The van der Waals surface area contributed by atoms with Crippen molar-refractivity contribution in [1.29, 1.82) is 0 Å². The predicted octanol–water partition coefficient (Wildman–Crippen LogP) is 4.58. The Kier molecular flexibility index (Phi) is 5.23. The van der Waals surface area contributed by atoms with Crippen molar-refractivity contribution in [3.63, 3.8) is 0 Å². The molecule has 0 atom stereocenters. The molecule has 0 saturated carbocycles. The quantitative estimate of drug-likeness (QED) is 0.501. The minimum absolute atomic E-state index is 0.0190. The number of ether oxygens (including phenoxy) is 1. The first-order valence-electron chi connectivity index (χ1n) is 7.44. The van der Waals surface area contributed by atoms with Gasteiger partial charge in [0.25, 0.3) is 5.69 Å². The van der Waals surface area contributed by atoms with Crippen molar-refractivity contribution >= 4 is 23.2 Å². The van der Waals surface area contributed by atoms with Gasteiger partial charge in [-0.1, -0.05) is 17.7 Å². The molecule has 0 aliphatic heterocycles. The molecular weight excluding hydrogens is 363 g/mol. The molecule has 7 nitrogen and oxygen atoms in total. The fourth-order valence-corrected chi connectivity index (χ4v) is 2.33. The third kappa shape index (κ3) is 4.22. The molecule has 0 aliphatic rings. The fraction of sp³-hybridized carbons (Fsp3) is 0.0588. The van der Waals surface area contributed by atoms with E-state index in [0.29, 0.717) is 18.1 Å². The highest BCUT2D eigenvalue weighted by Crippen LogP contribution is 2.33. The molecule has 3 rings (SSSR count). The number of halogens is 2. The SMILES string of the molecule is O=[N+]([O-])c1ccc(Oc2ccc(CNc3ncccn3)cc2F)c(Cl)c1. The van der Waals surface area contributed by atoms with Crippen LogP contribution in [-0.4, -0.2) is 14.9 Å². The zero-order valence-corrected chi connectivity index (χ0v) is 14.0. The molecule has 26 heavy (non-hydrogen) atoms. The number of nitro benzene ring substituents is 1. The molecule has 1 N–H and O–H groups in total. The fourth-order valence-electron chi connectivity index (χ4n) is 2.11. The number of nitrogens with one attached hydrogen (secondary N) is 1. The first-order valence-corrected chi connectivity index (χ1v) is 7.82. The lowest BCUT2D eigenvalue weighted by atomic mass is 10.2. The van der Waals surface area contributed by atoms with Gasteiger partial charge in [0.1, 0.15) is 5.75 Å². The van der Waals surface area contributed by atoms with E-state index in [0.717, 1.165) is 6.07 Å². The minimum atomic E-state index is -0.590. The second kappa shape index (κ2) is 7.75. The van der Waals surface area contributed by atoms with E-state index < -0.39 is 10.7 Å². The van der Waals surface area contributed by atoms with Crippen molar-refractivity contribution in [1.82, 2.24) is 9.97 Å². The number of hydrogen-bond donors (Lipinski definition) is 1. The Labute approximate surface area is 152 Å². The van der Waals surface area contributed by atoms with Gasteiger partial charge in [0.05, 0.1) is 9.95 Å². The molecule has 0 saturated heterocycles. The smallest absolute Gasteiger partial charge is 0.271 e. The van der Waals surface area contributed by atoms with Gasteiger partial charge < -0.3 is 10.1 Å².